The Balaban J connectivity index is 1.58. The maximum Gasteiger partial charge on any atom is 0.270 e. The van der Waals surface area contributed by atoms with Crippen molar-refractivity contribution in [1.29, 1.82) is 0 Å². The second-order valence-electron chi connectivity index (χ2n) is 7.45. The number of fused-ring (bicyclic) bond motifs is 2. The summed E-state index contributed by atoms with van der Waals surface area (Å²) in [4.78, 5) is 23.6. The number of anilines is 1. The molecule has 1 aromatic heterocycles. The van der Waals surface area contributed by atoms with Crippen molar-refractivity contribution < 1.29 is 14.8 Å². The summed E-state index contributed by atoms with van der Waals surface area (Å²) in [7, 11) is 0. The average molecular weight is 504 g/mol. The standard InChI is InChI=1S/C24H14ClN5O4S/c25-14-5-7-15(8-6-14)26-23(32)19-11-13-3-1-2-4-17(13)21(22(19)31)27-28-24-18-12-16(30(33)34)9-10-20(18)29-35-24/h1-12,31H,(H,26,32). The van der Waals surface area contributed by atoms with Gasteiger partial charge in [0.25, 0.3) is 11.6 Å². The number of azo groups is 1. The van der Waals surface area contributed by atoms with Gasteiger partial charge in [0.05, 0.1) is 16.0 Å². The van der Waals surface area contributed by atoms with Crippen LogP contribution < -0.4 is 5.32 Å². The molecule has 172 valence electrons. The third-order valence-corrected chi connectivity index (χ3v) is 6.25. The van der Waals surface area contributed by atoms with Crippen LogP contribution in [0.15, 0.2) is 83.0 Å². The molecule has 0 atom stereocenters. The minimum absolute atomic E-state index is 0.0115. The molecule has 35 heavy (non-hydrogen) atoms. The van der Waals surface area contributed by atoms with Crippen LogP contribution in [0.3, 0.4) is 0 Å². The number of aromatic nitrogens is 1. The Morgan fingerprint density at radius 1 is 1.03 bits per heavy atom. The summed E-state index contributed by atoms with van der Waals surface area (Å²) in [5, 5.41) is 35.9. The average Bonchev–Trinajstić information content (AvgIpc) is 3.26. The van der Waals surface area contributed by atoms with E-state index in [1.807, 2.05) is 0 Å². The van der Waals surface area contributed by atoms with Crippen LogP contribution in [0.5, 0.6) is 5.75 Å². The monoisotopic (exact) mass is 503 g/mol. The number of hydrogen-bond acceptors (Lipinski definition) is 8. The first-order valence-corrected chi connectivity index (χ1v) is 11.3. The minimum Gasteiger partial charge on any atom is -0.505 e. The Kier molecular flexibility index (Phi) is 5.81. The molecule has 5 rings (SSSR count). The molecule has 0 radical (unpaired) electrons. The number of hydrogen-bond donors (Lipinski definition) is 2. The predicted octanol–water partition coefficient (Wildman–Crippen LogP) is 7.38. The van der Waals surface area contributed by atoms with E-state index in [0.717, 1.165) is 11.5 Å². The fourth-order valence-corrected chi connectivity index (χ4v) is 4.33. The van der Waals surface area contributed by atoms with Crippen LogP contribution in [-0.4, -0.2) is 20.3 Å². The lowest BCUT2D eigenvalue weighted by Gasteiger charge is -2.11. The fourth-order valence-electron chi connectivity index (χ4n) is 3.52. The Morgan fingerprint density at radius 2 is 1.80 bits per heavy atom. The first-order valence-electron chi connectivity index (χ1n) is 10.2. The van der Waals surface area contributed by atoms with Gasteiger partial charge in [-0.3, -0.25) is 14.9 Å². The SMILES string of the molecule is O=C(Nc1ccc(Cl)cc1)c1cc2ccccc2c(N=Nc2snc3ccc([N+](=O)[O-])cc23)c1O. The van der Waals surface area contributed by atoms with Crippen LogP contribution in [0.1, 0.15) is 10.4 Å². The second-order valence-corrected chi connectivity index (χ2v) is 8.64. The maximum atomic E-state index is 13.0. The third-order valence-electron chi connectivity index (χ3n) is 5.23. The van der Waals surface area contributed by atoms with Gasteiger partial charge in [-0.2, -0.15) is 4.37 Å². The van der Waals surface area contributed by atoms with E-state index in [1.54, 1.807) is 54.6 Å². The molecule has 0 fully saturated rings. The number of phenols is 1. The number of non-ortho nitro benzene ring substituents is 1. The number of nitro benzene ring substituents is 1. The lowest BCUT2D eigenvalue weighted by atomic mass is 10.0. The molecule has 11 heteroatoms. The summed E-state index contributed by atoms with van der Waals surface area (Å²) in [6.07, 6.45) is 0. The number of aromatic hydroxyl groups is 1. The highest BCUT2D eigenvalue weighted by atomic mass is 35.5. The summed E-state index contributed by atoms with van der Waals surface area (Å²) < 4.78 is 4.24. The molecule has 0 saturated carbocycles. The summed E-state index contributed by atoms with van der Waals surface area (Å²) in [6, 6.07) is 19.5. The van der Waals surface area contributed by atoms with Gasteiger partial charge in [-0.15, -0.1) is 10.2 Å². The highest BCUT2D eigenvalue weighted by Crippen LogP contribution is 2.41. The zero-order valence-electron chi connectivity index (χ0n) is 17.7. The molecule has 1 heterocycles. The van der Waals surface area contributed by atoms with Gasteiger partial charge in [0.2, 0.25) is 0 Å². The van der Waals surface area contributed by atoms with Crippen LogP contribution in [0.2, 0.25) is 5.02 Å². The lowest BCUT2D eigenvalue weighted by molar-refractivity contribution is -0.384. The number of nitrogens with one attached hydrogen (secondary N) is 1. The van der Waals surface area contributed by atoms with Crippen LogP contribution >= 0.6 is 23.1 Å². The van der Waals surface area contributed by atoms with E-state index >= 15 is 0 Å². The molecule has 5 aromatic rings. The number of carbonyl (C=O) groups is 1. The number of phenolic OH excluding ortho intramolecular Hbond substituents is 1. The Bertz CT molecular complexity index is 1650. The number of nitrogens with zero attached hydrogens (tertiary/aromatic N) is 4. The Hall–Kier alpha value is -4.41. The molecule has 0 spiro atoms. The molecular weight excluding hydrogens is 490 g/mol. The highest BCUT2D eigenvalue weighted by molar-refractivity contribution is 7.11. The number of amides is 1. The molecule has 0 unspecified atom stereocenters. The van der Waals surface area contributed by atoms with Crippen LogP contribution in [-0.2, 0) is 0 Å². The highest BCUT2D eigenvalue weighted by Gasteiger charge is 2.19. The van der Waals surface area contributed by atoms with Gasteiger partial charge in [-0.1, -0.05) is 35.9 Å². The Labute approximate surface area is 206 Å². The zero-order chi connectivity index (χ0) is 24.5. The van der Waals surface area contributed by atoms with E-state index in [-0.39, 0.29) is 22.7 Å². The number of halogens is 1. The van der Waals surface area contributed by atoms with E-state index in [2.05, 4.69) is 19.9 Å². The lowest BCUT2D eigenvalue weighted by Crippen LogP contribution is -2.12. The van der Waals surface area contributed by atoms with Gasteiger partial charge in [0, 0.05) is 33.6 Å². The number of carbonyl (C=O) groups excluding carboxylic acids is 1. The predicted molar refractivity (Wildman–Crippen MR) is 135 cm³/mol. The van der Waals surface area contributed by atoms with Gasteiger partial charge >= 0.3 is 0 Å². The quantitative estimate of drug-likeness (QED) is 0.147. The molecule has 1 amide bonds. The van der Waals surface area contributed by atoms with Crippen molar-refractivity contribution in [1.82, 2.24) is 4.37 Å². The summed E-state index contributed by atoms with van der Waals surface area (Å²) in [6.45, 7) is 0. The first kappa shape index (κ1) is 22.4. The van der Waals surface area contributed by atoms with E-state index in [1.165, 1.54) is 18.2 Å². The van der Waals surface area contributed by atoms with Crippen molar-refractivity contribution >= 4 is 72.8 Å². The number of rotatable bonds is 5. The molecule has 4 aromatic carbocycles. The molecular formula is C24H14ClN5O4S. The van der Waals surface area contributed by atoms with Crippen molar-refractivity contribution in [2.24, 2.45) is 10.2 Å². The van der Waals surface area contributed by atoms with Crippen LogP contribution in [0, 0.1) is 10.1 Å². The molecule has 0 aliphatic heterocycles. The normalized spacial score (nSPS) is 11.3. The van der Waals surface area contributed by atoms with E-state index in [0.29, 0.717) is 37.4 Å². The first-order chi connectivity index (χ1) is 16.9. The molecule has 2 N–H and O–H groups in total. The molecule has 9 nitrogen and oxygen atoms in total. The maximum absolute atomic E-state index is 13.0. The van der Waals surface area contributed by atoms with E-state index in [4.69, 9.17) is 11.6 Å². The van der Waals surface area contributed by atoms with Gasteiger partial charge < -0.3 is 10.4 Å². The zero-order valence-corrected chi connectivity index (χ0v) is 19.2. The molecule has 0 bridgehead atoms. The van der Waals surface area contributed by atoms with Crippen molar-refractivity contribution in [3.05, 3.63) is 93.5 Å². The molecule has 0 aliphatic rings. The molecule has 0 saturated heterocycles. The number of nitro groups is 1. The van der Waals surface area contributed by atoms with Crippen molar-refractivity contribution in [3.63, 3.8) is 0 Å². The third kappa shape index (κ3) is 4.39. The van der Waals surface area contributed by atoms with Crippen molar-refractivity contribution in [2.75, 3.05) is 5.32 Å². The fraction of sp³-hybridized carbons (Fsp3) is 0. The van der Waals surface area contributed by atoms with Gasteiger partial charge in [0.1, 0.15) is 5.69 Å². The summed E-state index contributed by atoms with van der Waals surface area (Å²) in [5.74, 6) is -0.885. The molecule has 0 aliphatic carbocycles. The summed E-state index contributed by atoms with van der Waals surface area (Å²) >= 11 is 6.92. The van der Waals surface area contributed by atoms with E-state index < -0.39 is 10.8 Å². The van der Waals surface area contributed by atoms with Crippen molar-refractivity contribution in [3.8, 4) is 5.75 Å². The van der Waals surface area contributed by atoms with Crippen molar-refractivity contribution in [2.45, 2.75) is 0 Å². The van der Waals surface area contributed by atoms with Crippen LogP contribution in [0.4, 0.5) is 22.1 Å². The van der Waals surface area contributed by atoms with E-state index in [9.17, 15) is 20.0 Å². The minimum atomic E-state index is -0.536. The second kappa shape index (κ2) is 9.09. The topological polar surface area (TPSA) is 130 Å². The smallest absolute Gasteiger partial charge is 0.270 e. The van der Waals surface area contributed by atoms with Gasteiger partial charge in [0.15, 0.2) is 10.8 Å². The van der Waals surface area contributed by atoms with Gasteiger partial charge in [-0.05, 0) is 53.3 Å². The van der Waals surface area contributed by atoms with Crippen LogP contribution in [0.25, 0.3) is 21.7 Å². The largest absolute Gasteiger partial charge is 0.505 e. The Morgan fingerprint density at radius 3 is 2.57 bits per heavy atom. The number of benzene rings is 4. The van der Waals surface area contributed by atoms with Gasteiger partial charge in [-0.25, -0.2) is 0 Å². The summed E-state index contributed by atoms with van der Waals surface area (Å²) in [5.41, 5.74) is 1.06.